The predicted molar refractivity (Wildman–Crippen MR) is 90.2 cm³/mol. The minimum atomic E-state index is -0.340. The Bertz CT molecular complexity index is 603. The Morgan fingerprint density at radius 3 is 2.92 bits per heavy atom. The maximum absolute atomic E-state index is 12.5. The first-order valence-corrected chi connectivity index (χ1v) is 8.54. The number of carbonyl (C=O) groups excluding carboxylic acids is 1. The molecule has 132 valence electrons. The van der Waals surface area contributed by atoms with Gasteiger partial charge in [-0.2, -0.15) is 0 Å². The summed E-state index contributed by atoms with van der Waals surface area (Å²) in [4.78, 5) is 14.4. The number of benzene rings is 1. The van der Waals surface area contributed by atoms with Crippen LogP contribution in [0, 0.1) is 0 Å². The molecule has 1 saturated heterocycles. The molecule has 2 aliphatic heterocycles. The minimum Gasteiger partial charge on any atom is -0.454 e. The zero-order valence-corrected chi connectivity index (χ0v) is 14.6. The first kappa shape index (κ1) is 17.0. The topological polar surface area (TPSA) is 60.0 Å². The summed E-state index contributed by atoms with van der Waals surface area (Å²) in [6.45, 7) is 8.74. The number of hydrogen-bond donors (Lipinski definition) is 1. The van der Waals surface area contributed by atoms with E-state index in [0.717, 1.165) is 23.5 Å². The molecular weight excluding hydrogens is 308 g/mol. The number of carbonyl (C=O) groups is 1. The molecule has 6 nitrogen and oxygen atoms in total. The normalized spacial score (nSPS) is 20.3. The molecule has 0 aromatic heterocycles. The van der Waals surface area contributed by atoms with Crippen LogP contribution >= 0.6 is 0 Å². The highest BCUT2D eigenvalue weighted by molar-refractivity contribution is 5.78. The molecule has 1 N–H and O–H groups in total. The second-order valence-corrected chi connectivity index (χ2v) is 6.79. The van der Waals surface area contributed by atoms with Crippen molar-refractivity contribution in [1.82, 2.24) is 10.2 Å². The lowest BCUT2D eigenvalue weighted by molar-refractivity contribution is -0.138. The third-order valence-corrected chi connectivity index (χ3v) is 4.72. The highest BCUT2D eigenvalue weighted by Crippen LogP contribution is 2.35. The van der Waals surface area contributed by atoms with Crippen molar-refractivity contribution in [2.75, 3.05) is 33.0 Å². The Labute approximate surface area is 143 Å². The van der Waals surface area contributed by atoms with Crippen LogP contribution in [-0.4, -0.2) is 49.9 Å². The molecule has 3 rings (SSSR count). The summed E-state index contributed by atoms with van der Waals surface area (Å²) in [6.07, 6.45) is 1.09. The van der Waals surface area contributed by atoms with Crippen molar-refractivity contribution in [3.63, 3.8) is 0 Å². The summed E-state index contributed by atoms with van der Waals surface area (Å²) in [5, 5.41) is 3.37. The first-order chi connectivity index (χ1) is 11.5. The van der Waals surface area contributed by atoms with Crippen molar-refractivity contribution in [1.29, 1.82) is 0 Å². The molecule has 1 unspecified atom stereocenters. The van der Waals surface area contributed by atoms with Crippen LogP contribution in [0.4, 0.5) is 0 Å². The van der Waals surface area contributed by atoms with Gasteiger partial charge in [0.2, 0.25) is 12.7 Å². The highest BCUT2D eigenvalue weighted by atomic mass is 16.7. The van der Waals surface area contributed by atoms with Gasteiger partial charge in [0, 0.05) is 18.6 Å². The Morgan fingerprint density at radius 2 is 2.12 bits per heavy atom. The van der Waals surface area contributed by atoms with Gasteiger partial charge in [-0.25, -0.2) is 0 Å². The Morgan fingerprint density at radius 1 is 1.33 bits per heavy atom. The third-order valence-electron chi connectivity index (χ3n) is 4.72. The predicted octanol–water partition coefficient (Wildman–Crippen LogP) is 1.88. The van der Waals surface area contributed by atoms with E-state index in [0.29, 0.717) is 26.2 Å². The first-order valence-electron chi connectivity index (χ1n) is 8.54. The van der Waals surface area contributed by atoms with Crippen molar-refractivity contribution >= 4 is 5.91 Å². The van der Waals surface area contributed by atoms with Crippen LogP contribution in [0.15, 0.2) is 18.2 Å². The van der Waals surface area contributed by atoms with Gasteiger partial charge in [0.15, 0.2) is 11.5 Å². The van der Waals surface area contributed by atoms with E-state index in [1.165, 1.54) is 0 Å². The van der Waals surface area contributed by atoms with Gasteiger partial charge in [-0.3, -0.25) is 10.1 Å². The van der Waals surface area contributed by atoms with Crippen molar-refractivity contribution in [2.45, 2.75) is 38.8 Å². The highest BCUT2D eigenvalue weighted by Gasteiger charge is 2.27. The Hall–Kier alpha value is -1.79. The molecule has 0 radical (unpaired) electrons. The van der Waals surface area contributed by atoms with Gasteiger partial charge in [-0.05, 0) is 38.0 Å². The molecule has 2 heterocycles. The molecule has 1 aromatic carbocycles. The molecule has 1 fully saturated rings. The third kappa shape index (κ3) is 3.65. The molecule has 0 spiro atoms. The van der Waals surface area contributed by atoms with E-state index in [1.54, 1.807) is 0 Å². The fraction of sp³-hybridized carbons (Fsp3) is 0.611. The quantitative estimate of drug-likeness (QED) is 0.891. The SMILES string of the molecule is CCC1CN(C(=O)CNC(C)(C)c2ccc3c(c2)OCO3)CCO1. The van der Waals surface area contributed by atoms with Crippen LogP contribution in [0.1, 0.15) is 32.8 Å². The van der Waals surface area contributed by atoms with Crippen LogP contribution < -0.4 is 14.8 Å². The number of nitrogens with one attached hydrogen (secondary N) is 1. The number of ether oxygens (including phenoxy) is 3. The van der Waals surface area contributed by atoms with Crippen molar-refractivity contribution in [2.24, 2.45) is 0 Å². The summed E-state index contributed by atoms with van der Waals surface area (Å²) >= 11 is 0. The van der Waals surface area contributed by atoms with E-state index < -0.39 is 0 Å². The van der Waals surface area contributed by atoms with Gasteiger partial charge in [0.05, 0.1) is 19.3 Å². The number of amides is 1. The van der Waals surface area contributed by atoms with Crippen LogP contribution in [0.2, 0.25) is 0 Å². The maximum Gasteiger partial charge on any atom is 0.236 e. The summed E-state index contributed by atoms with van der Waals surface area (Å²) < 4.78 is 16.4. The van der Waals surface area contributed by atoms with Gasteiger partial charge in [-0.15, -0.1) is 0 Å². The summed E-state index contributed by atoms with van der Waals surface area (Å²) in [5.41, 5.74) is 0.723. The molecule has 0 bridgehead atoms. The molecule has 0 saturated carbocycles. The second-order valence-electron chi connectivity index (χ2n) is 6.79. The van der Waals surface area contributed by atoms with Gasteiger partial charge >= 0.3 is 0 Å². The zero-order valence-electron chi connectivity index (χ0n) is 14.6. The lowest BCUT2D eigenvalue weighted by atomic mass is 9.94. The molecular formula is C18H26N2O4. The second kappa shape index (κ2) is 6.99. The summed E-state index contributed by atoms with van der Waals surface area (Å²) in [6, 6.07) is 5.89. The smallest absolute Gasteiger partial charge is 0.236 e. The van der Waals surface area contributed by atoms with E-state index in [2.05, 4.69) is 26.1 Å². The van der Waals surface area contributed by atoms with Crippen molar-refractivity contribution in [3.8, 4) is 11.5 Å². The molecule has 1 atom stereocenters. The Balaban J connectivity index is 1.59. The number of nitrogens with zero attached hydrogens (tertiary/aromatic N) is 1. The number of rotatable bonds is 5. The molecule has 2 aliphatic rings. The number of fused-ring (bicyclic) bond motifs is 1. The fourth-order valence-electron chi connectivity index (χ4n) is 2.99. The van der Waals surface area contributed by atoms with E-state index >= 15 is 0 Å². The molecule has 1 aromatic rings. The van der Waals surface area contributed by atoms with Gasteiger partial charge < -0.3 is 19.1 Å². The minimum absolute atomic E-state index is 0.116. The van der Waals surface area contributed by atoms with Crippen LogP contribution in [0.3, 0.4) is 0 Å². The lowest BCUT2D eigenvalue weighted by Crippen LogP contribution is -2.50. The van der Waals surface area contributed by atoms with Crippen LogP contribution in [-0.2, 0) is 15.1 Å². The van der Waals surface area contributed by atoms with E-state index in [1.807, 2.05) is 23.1 Å². The fourth-order valence-corrected chi connectivity index (χ4v) is 2.99. The average molecular weight is 334 g/mol. The van der Waals surface area contributed by atoms with E-state index in [4.69, 9.17) is 14.2 Å². The molecule has 1 amide bonds. The van der Waals surface area contributed by atoms with Crippen molar-refractivity contribution < 1.29 is 19.0 Å². The van der Waals surface area contributed by atoms with E-state index in [9.17, 15) is 4.79 Å². The zero-order chi connectivity index (χ0) is 17.2. The van der Waals surface area contributed by atoms with Crippen LogP contribution in [0.25, 0.3) is 0 Å². The Kier molecular flexibility index (Phi) is 4.96. The van der Waals surface area contributed by atoms with Crippen molar-refractivity contribution in [3.05, 3.63) is 23.8 Å². The van der Waals surface area contributed by atoms with Gasteiger partial charge in [-0.1, -0.05) is 13.0 Å². The standard InChI is InChI=1S/C18H26N2O4/c1-4-14-11-20(7-8-22-14)17(21)10-19-18(2,3)13-5-6-15-16(9-13)24-12-23-15/h5-6,9,14,19H,4,7-8,10-12H2,1-3H3. The monoisotopic (exact) mass is 334 g/mol. The summed E-state index contributed by atoms with van der Waals surface area (Å²) in [7, 11) is 0. The summed E-state index contributed by atoms with van der Waals surface area (Å²) in [5.74, 6) is 1.64. The maximum atomic E-state index is 12.5. The lowest BCUT2D eigenvalue weighted by Gasteiger charge is -2.34. The number of hydrogen-bond acceptors (Lipinski definition) is 5. The molecule has 0 aliphatic carbocycles. The van der Waals surface area contributed by atoms with Gasteiger partial charge in [0.25, 0.3) is 0 Å². The largest absolute Gasteiger partial charge is 0.454 e. The number of morpholine rings is 1. The van der Waals surface area contributed by atoms with Crippen LogP contribution in [0.5, 0.6) is 11.5 Å². The average Bonchev–Trinajstić information content (AvgIpc) is 3.07. The van der Waals surface area contributed by atoms with E-state index in [-0.39, 0.29) is 24.3 Å². The molecule has 24 heavy (non-hydrogen) atoms. The molecule has 6 heteroatoms. The van der Waals surface area contributed by atoms with Gasteiger partial charge in [0.1, 0.15) is 0 Å².